The lowest BCUT2D eigenvalue weighted by Crippen LogP contribution is -2.19. The summed E-state index contributed by atoms with van der Waals surface area (Å²) in [7, 11) is 0. The van der Waals surface area contributed by atoms with E-state index in [-0.39, 0.29) is 6.10 Å². The maximum Gasteiger partial charge on any atom is 0.128 e. The Balaban J connectivity index is 1.95. The van der Waals surface area contributed by atoms with Crippen LogP contribution in [0.2, 0.25) is 0 Å². The molecule has 0 saturated carbocycles. The second-order valence-corrected chi connectivity index (χ2v) is 5.75. The maximum absolute atomic E-state index is 10.3. The van der Waals surface area contributed by atoms with Gasteiger partial charge < -0.3 is 9.84 Å². The number of nitrogens with zero attached hydrogens (tertiary/aromatic N) is 1. The summed E-state index contributed by atoms with van der Waals surface area (Å²) in [6.07, 6.45) is 3.42. The van der Waals surface area contributed by atoms with Crippen LogP contribution in [0.5, 0.6) is 5.75 Å². The SMILES string of the molecule is Cc1ccc2c(c1)[C@@H](O)CC(c1cncc(Br)c1)O2. The van der Waals surface area contributed by atoms with Crippen LogP contribution in [0.3, 0.4) is 0 Å². The molecule has 2 aromatic rings. The Hall–Kier alpha value is -1.39. The van der Waals surface area contributed by atoms with E-state index in [9.17, 15) is 5.11 Å². The van der Waals surface area contributed by atoms with E-state index < -0.39 is 6.10 Å². The summed E-state index contributed by atoms with van der Waals surface area (Å²) in [6.45, 7) is 2.01. The van der Waals surface area contributed by atoms with Gasteiger partial charge in [-0.3, -0.25) is 4.98 Å². The lowest BCUT2D eigenvalue weighted by atomic mass is 9.95. The van der Waals surface area contributed by atoms with Gasteiger partial charge in [-0.2, -0.15) is 0 Å². The van der Waals surface area contributed by atoms with Crippen molar-refractivity contribution in [2.45, 2.75) is 25.6 Å². The van der Waals surface area contributed by atoms with E-state index in [2.05, 4.69) is 20.9 Å². The smallest absolute Gasteiger partial charge is 0.128 e. The lowest BCUT2D eigenvalue weighted by molar-refractivity contribution is 0.0655. The molecule has 0 saturated heterocycles. The van der Waals surface area contributed by atoms with E-state index >= 15 is 0 Å². The summed E-state index contributed by atoms with van der Waals surface area (Å²) in [6, 6.07) is 7.87. The number of halogens is 1. The third-order valence-corrected chi connectivity index (χ3v) is 3.76. The number of aryl methyl sites for hydroxylation is 1. The average molecular weight is 320 g/mol. The van der Waals surface area contributed by atoms with E-state index in [1.807, 2.05) is 31.2 Å². The quantitative estimate of drug-likeness (QED) is 0.871. The normalized spacial score (nSPS) is 21.6. The topological polar surface area (TPSA) is 42.4 Å². The van der Waals surface area contributed by atoms with Gasteiger partial charge in [-0.05, 0) is 41.1 Å². The van der Waals surface area contributed by atoms with Crippen LogP contribution in [0.15, 0.2) is 41.1 Å². The van der Waals surface area contributed by atoms with Crippen molar-refractivity contribution < 1.29 is 9.84 Å². The highest BCUT2D eigenvalue weighted by Crippen LogP contribution is 2.41. The van der Waals surface area contributed by atoms with Gasteiger partial charge in [0, 0.05) is 34.4 Å². The lowest BCUT2D eigenvalue weighted by Gasteiger charge is -2.30. The third-order valence-electron chi connectivity index (χ3n) is 3.33. The number of pyridine rings is 1. The Kier molecular flexibility index (Phi) is 3.29. The Morgan fingerprint density at radius 2 is 2.16 bits per heavy atom. The van der Waals surface area contributed by atoms with Crippen LogP contribution in [-0.2, 0) is 0 Å². The number of hydrogen-bond donors (Lipinski definition) is 1. The molecule has 2 atom stereocenters. The number of benzene rings is 1. The molecule has 0 radical (unpaired) electrons. The number of rotatable bonds is 1. The average Bonchev–Trinajstić information content (AvgIpc) is 2.39. The molecule has 1 aliphatic heterocycles. The van der Waals surface area contributed by atoms with Gasteiger partial charge in [-0.15, -0.1) is 0 Å². The predicted octanol–water partition coefficient (Wildman–Crippen LogP) is 3.71. The van der Waals surface area contributed by atoms with Crippen molar-refractivity contribution in [3.05, 3.63) is 57.8 Å². The van der Waals surface area contributed by atoms with Gasteiger partial charge in [-0.1, -0.05) is 11.6 Å². The second-order valence-electron chi connectivity index (χ2n) is 4.84. The van der Waals surface area contributed by atoms with Crippen LogP contribution in [0.4, 0.5) is 0 Å². The molecule has 3 rings (SSSR count). The van der Waals surface area contributed by atoms with Gasteiger partial charge in [0.15, 0.2) is 0 Å². The molecule has 1 N–H and O–H groups in total. The van der Waals surface area contributed by atoms with Crippen LogP contribution in [-0.4, -0.2) is 10.1 Å². The number of aliphatic hydroxyl groups excluding tert-OH is 1. The number of aliphatic hydroxyl groups is 1. The standard InChI is InChI=1S/C15H14BrNO2/c1-9-2-3-14-12(4-9)13(18)6-15(19-14)10-5-11(16)8-17-7-10/h2-5,7-8,13,15,18H,6H2,1H3/t13-,15?/m0/s1. The van der Waals surface area contributed by atoms with Crippen LogP contribution < -0.4 is 4.74 Å². The third kappa shape index (κ3) is 2.51. The highest BCUT2D eigenvalue weighted by Gasteiger charge is 2.28. The summed E-state index contributed by atoms with van der Waals surface area (Å²) in [5, 5.41) is 10.3. The molecule has 1 aliphatic rings. The van der Waals surface area contributed by atoms with Crippen molar-refractivity contribution in [1.82, 2.24) is 4.98 Å². The Bertz CT molecular complexity index is 615. The molecule has 0 amide bonds. The van der Waals surface area contributed by atoms with E-state index in [0.29, 0.717) is 6.42 Å². The van der Waals surface area contributed by atoms with Gasteiger partial charge in [0.25, 0.3) is 0 Å². The molecule has 0 spiro atoms. The largest absolute Gasteiger partial charge is 0.485 e. The predicted molar refractivity (Wildman–Crippen MR) is 76.1 cm³/mol. The zero-order valence-corrected chi connectivity index (χ0v) is 12.1. The molecule has 0 aliphatic carbocycles. The van der Waals surface area contributed by atoms with E-state index in [1.165, 1.54) is 0 Å². The second kappa shape index (κ2) is 4.94. The van der Waals surface area contributed by atoms with Gasteiger partial charge >= 0.3 is 0 Å². The molecule has 1 unspecified atom stereocenters. The number of hydrogen-bond acceptors (Lipinski definition) is 3. The van der Waals surface area contributed by atoms with Crippen molar-refractivity contribution in [3.8, 4) is 5.75 Å². The first kappa shape index (κ1) is 12.6. The summed E-state index contributed by atoms with van der Waals surface area (Å²) >= 11 is 3.40. The fourth-order valence-corrected chi connectivity index (χ4v) is 2.76. The van der Waals surface area contributed by atoms with Crippen molar-refractivity contribution in [2.75, 3.05) is 0 Å². The van der Waals surface area contributed by atoms with Crippen molar-refractivity contribution >= 4 is 15.9 Å². The highest BCUT2D eigenvalue weighted by molar-refractivity contribution is 9.10. The van der Waals surface area contributed by atoms with Crippen LogP contribution >= 0.6 is 15.9 Å². The summed E-state index contributed by atoms with van der Waals surface area (Å²) in [5.41, 5.74) is 2.97. The number of fused-ring (bicyclic) bond motifs is 1. The fraction of sp³-hybridized carbons (Fsp3) is 0.267. The fourth-order valence-electron chi connectivity index (χ4n) is 2.38. The van der Waals surface area contributed by atoms with E-state index in [0.717, 1.165) is 26.9 Å². The van der Waals surface area contributed by atoms with Crippen LogP contribution in [0, 0.1) is 6.92 Å². The highest BCUT2D eigenvalue weighted by atomic mass is 79.9. The number of aromatic nitrogens is 1. The molecular weight excluding hydrogens is 306 g/mol. The first-order valence-electron chi connectivity index (χ1n) is 6.19. The number of ether oxygens (including phenoxy) is 1. The minimum Gasteiger partial charge on any atom is -0.485 e. The van der Waals surface area contributed by atoms with Crippen LogP contribution in [0.25, 0.3) is 0 Å². The first-order chi connectivity index (χ1) is 9.13. The Labute approximate surface area is 120 Å². The van der Waals surface area contributed by atoms with E-state index in [1.54, 1.807) is 12.4 Å². The molecule has 3 nitrogen and oxygen atoms in total. The summed E-state index contributed by atoms with van der Waals surface area (Å²) < 4.78 is 6.89. The van der Waals surface area contributed by atoms with Gasteiger partial charge in [-0.25, -0.2) is 0 Å². The van der Waals surface area contributed by atoms with Gasteiger partial charge in [0.1, 0.15) is 11.9 Å². The molecule has 2 heterocycles. The van der Waals surface area contributed by atoms with Gasteiger partial charge in [0.2, 0.25) is 0 Å². The van der Waals surface area contributed by atoms with Crippen molar-refractivity contribution in [3.63, 3.8) is 0 Å². The maximum atomic E-state index is 10.3. The monoisotopic (exact) mass is 319 g/mol. The molecule has 0 fully saturated rings. The zero-order chi connectivity index (χ0) is 13.4. The van der Waals surface area contributed by atoms with Crippen molar-refractivity contribution in [2.24, 2.45) is 0 Å². The van der Waals surface area contributed by atoms with Crippen LogP contribution in [0.1, 0.15) is 35.3 Å². The van der Waals surface area contributed by atoms with Crippen molar-refractivity contribution in [1.29, 1.82) is 0 Å². The first-order valence-corrected chi connectivity index (χ1v) is 6.98. The van der Waals surface area contributed by atoms with E-state index in [4.69, 9.17) is 4.74 Å². The zero-order valence-electron chi connectivity index (χ0n) is 10.5. The Morgan fingerprint density at radius 1 is 1.32 bits per heavy atom. The summed E-state index contributed by atoms with van der Waals surface area (Å²) in [4.78, 5) is 4.15. The van der Waals surface area contributed by atoms with Gasteiger partial charge in [0.05, 0.1) is 6.10 Å². The molecule has 1 aromatic carbocycles. The molecule has 19 heavy (non-hydrogen) atoms. The minimum atomic E-state index is -0.493. The molecule has 0 bridgehead atoms. The Morgan fingerprint density at radius 3 is 2.95 bits per heavy atom. The molecule has 98 valence electrons. The molecule has 1 aromatic heterocycles. The molecule has 4 heteroatoms. The summed E-state index contributed by atoms with van der Waals surface area (Å²) in [5.74, 6) is 0.759. The minimum absolute atomic E-state index is 0.157. The molecular formula is C15H14BrNO2.